The molecular formula is C11H14F2. The van der Waals surface area contributed by atoms with E-state index in [0.717, 1.165) is 24.5 Å². The Hall–Kier alpha value is -0.920. The standard InChI is InChI=1S/C11H14F2/c1-4-9-6-5-7-10(8(9)2)11(3,12)13/h5-7H,4H2,1-3H3. The first-order chi connectivity index (χ1) is 5.96. The van der Waals surface area contributed by atoms with E-state index in [0.29, 0.717) is 0 Å². The molecule has 0 heterocycles. The SMILES string of the molecule is CCc1cccc(C(C)(F)F)c1C. The van der Waals surface area contributed by atoms with Crippen LogP contribution in [0, 0.1) is 6.92 Å². The lowest BCUT2D eigenvalue weighted by molar-refractivity contribution is 0.0167. The minimum Gasteiger partial charge on any atom is -0.202 e. The highest BCUT2D eigenvalue weighted by molar-refractivity contribution is 5.36. The molecule has 0 unspecified atom stereocenters. The number of halogens is 2. The number of rotatable bonds is 2. The second-order valence-electron chi connectivity index (χ2n) is 3.33. The van der Waals surface area contributed by atoms with Gasteiger partial charge in [-0.15, -0.1) is 0 Å². The van der Waals surface area contributed by atoms with Crippen LogP contribution in [0.4, 0.5) is 8.78 Å². The van der Waals surface area contributed by atoms with Crippen molar-refractivity contribution in [3.8, 4) is 0 Å². The van der Waals surface area contributed by atoms with E-state index in [9.17, 15) is 8.78 Å². The molecule has 0 bridgehead atoms. The Morgan fingerprint density at radius 2 is 1.92 bits per heavy atom. The molecule has 0 aliphatic carbocycles. The Morgan fingerprint density at radius 1 is 1.31 bits per heavy atom. The first-order valence-corrected chi connectivity index (χ1v) is 4.43. The summed E-state index contributed by atoms with van der Waals surface area (Å²) in [7, 11) is 0. The highest BCUT2D eigenvalue weighted by Crippen LogP contribution is 2.30. The maximum Gasteiger partial charge on any atom is 0.270 e. The van der Waals surface area contributed by atoms with Crippen LogP contribution in [0.5, 0.6) is 0 Å². The molecule has 0 nitrogen and oxygen atoms in total. The highest BCUT2D eigenvalue weighted by atomic mass is 19.3. The van der Waals surface area contributed by atoms with Crippen molar-refractivity contribution in [3.05, 3.63) is 34.9 Å². The Labute approximate surface area is 77.6 Å². The number of benzene rings is 1. The average Bonchev–Trinajstić information content (AvgIpc) is 2.02. The lowest BCUT2D eigenvalue weighted by atomic mass is 9.97. The Kier molecular flexibility index (Phi) is 2.69. The van der Waals surface area contributed by atoms with Crippen molar-refractivity contribution in [1.29, 1.82) is 0 Å². The first-order valence-electron chi connectivity index (χ1n) is 4.43. The quantitative estimate of drug-likeness (QED) is 0.657. The van der Waals surface area contributed by atoms with Crippen molar-refractivity contribution in [2.24, 2.45) is 0 Å². The van der Waals surface area contributed by atoms with Crippen molar-refractivity contribution in [2.45, 2.75) is 33.1 Å². The molecule has 0 N–H and O–H groups in total. The van der Waals surface area contributed by atoms with Crippen LogP contribution in [0.3, 0.4) is 0 Å². The molecule has 0 aromatic heterocycles. The fraction of sp³-hybridized carbons (Fsp3) is 0.455. The number of alkyl halides is 2. The van der Waals surface area contributed by atoms with Gasteiger partial charge in [-0.3, -0.25) is 0 Å². The summed E-state index contributed by atoms with van der Waals surface area (Å²) in [5, 5.41) is 0. The summed E-state index contributed by atoms with van der Waals surface area (Å²) < 4.78 is 26.1. The molecule has 0 aliphatic rings. The minimum absolute atomic E-state index is 0.145. The van der Waals surface area contributed by atoms with Crippen LogP contribution in [-0.4, -0.2) is 0 Å². The van der Waals surface area contributed by atoms with Crippen LogP contribution in [0.2, 0.25) is 0 Å². The van der Waals surface area contributed by atoms with E-state index in [4.69, 9.17) is 0 Å². The minimum atomic E-state index is -2.73. The van der Waals surface area contributed by atoms with Crippen molar-refractivity contribution in [3.63, 3.8) is 0 Å². The third-order valence-corrected chi connectivity index (χ3v) is 2.30. The zero-order valence-corrected chi connectivity index (χ0v) is 8.20. The number of hydrogen-bond donors (Lipinski definition) is 0. The molecule has 0 amide bonds. The third-order valence-electron chi connectivity index (χ3n) is 2.30. The van der Waals surface area contributed by atoms with Gasteiger partial charge in [0.25, 0.3) is 5.92 Å². The van der Waals surface area contributed by atoms with Gasteiger partial charge >= 0.3 is 0 Å². The van der Waals surface area contributed by atoms with Gasteiger partial charge in [0, 0.05) is 12.5 Å². The van der Waals surface area contributed by atoms with Gasteiger partial charge in [-0.05, 0) is 24.5 Å². The van der Waals surface area contributed by atoms with Gasteiger partial charge in [-0.1, -0.05) is 25.1 Å². The molecule has 1 aromatic rings. The Morgan fingerprint density at radius 3 is 2.38 bits per heavy atom. The molecule has 0 saturated carbocycles. The molecule has 0 saturated heterocycles. The molecule has 1 rings (SSSR count). The molecule has 0 fully saturated rings. The third kappa shape index (κ3) is 2.06. The van der Waals surface area contributed by atoms with E-state index in [1.165, 1.54) is 6.07 Å². The maximum absolute atomic E-state index is 13.0. The zero-order valence-electron chi connectivity index (χ0n) is 8.20. The van der Waals surface area contributed by atoms with Crippen molar-refractivity contribution >= 4 is 0 Å². The lowest BCUT2D eigenvalue weighted by Gasteiger charge is -2.15. The van der Waals surface area contributed by atoms with Gasteiger partial charge in [0.15, 0.2) is 0 Å². The number of aryl methyl sites for hydroxylation is 1. The summed E-state index contributed by atoms with van der Waals surface area (Å²) in [4.78, 5) is 0. The van der Waals surface area contributed by atoms with Crippen LogP contribution >= 0.6 is 0 Å². The van der Waals surface area contributed by atoms with E-state index in [1.54, 1.807) is 13.0 Å². The highest BCUT2D eigenvalue weighted by Gasteiger charge is 2.26. The fourth-order valence-corrected chi connectivity index (χ4v) is 1.54. The molecule has 0 atom stereocenters. The second-order valence-corrected chi connectivity index (χ2v) is 3.33. The topological polar surface area (TPSA) is 0 Å². The number of hydrogen-bond acceptors (Lipinski definition) is 0. The smallest absolute Gasteiger partial charge is 0.202 e. The van der Waals surface area contributed by atoms with Crippen LogP contribution < -0.4 is 0 Å². The van der Waals surface area contributed by atoms with Gasteiger partial charge < -0.3 is 0 Å². The molecule has 0 spiro atoms. The van der Waals surface area contributed by atoms with Gasteiger partial charge in [0.1, 0.15) is 0 Å². The Bertz CT molecular complexity index is 297. The summed E-state index contributed by atoms with van der Waals surface area (Å²) in [5.41, 5.74) is 1.86. The summed E-state index contributed by atoms with van der Waals surface area (Å²) in [6, 6.07) is 5.08. The van der Waals surface area contributed by atoms with E-state index >= 15 is 0 Å². The predicted molar refractivity (Wildman–Crippen MR) is 50.1 cm³/mol. The largest absolute Gasteiger partial charge is 0.270 e. The monoisotopic (exact) mass is 184 g/mol. The van der Waals surface area contributed by atoms with Crippen LogP contribution in [0.1, 0.15) is 30.5 Å². The predicted octanol–water partition coefficient (Wildman–Crippen LogP) is 3.67. The summed E-state index contributed by atoms with van der Waals surface area (Å²) in [6.45, 7) is 4.67. The van der Waals surface area contributed by atoms with Crippen molar-refractivity contribution in [1.82, 2.24) is 0 Å². The molecule has 0 radical (unpaired) electrons. The molecule has 0 aliphatic heterocycles. The van der Waals surface area contributed by atoms with Crippen LogP contribution in [0.25, 0.3) is 0 Å². The lowest BCUT2D eigenvalue weighted by Crippen LogP contribution is -2.10. The Balaban J connectivity index is 3.24. The molecule has 13 heavy (non-hydrogen) atoms. The van der Waals surface area contributed by atoms with Crippen LogP contribution in [-0.2, 0) is 12.3 Å². The summed E-state index contributed by atoms with van der Waals surface area (Å²) >= 11 is 0. The van der Waals surface area contributed by atoms with Gasteiger partial charge in [-0.25, -0.2) is 8.78 Å². The second kappa shape index (κ2) is 3.44. The van der Waals surface area contributed by atoms with E-state index < -0.39 is 5.92 Å². The van der Waals surface area contributed by atoms with E-state index in [2.05, 4.69) is 0 Å². The average molecular weight is 184 g/mol. The maximum atomic E-state index is 13.0. The summed E-state index contributed by atoms with van der Waals surface area (Å²) in [5.74, 6) is -2.73. The van der Waals surface area contributed by atoms with Gasteiger partial charge in [-0.2, -0.15) is 0 Å². The van der Waals surface area contributed by atoms with Crippen molar-refractivity contribution in [2.75, 3.05) is 0 Å². The normalized spacial score (nSPS) is 11.8. The van der Waals surface area contributed by atoms with Crippen LogP contribution in [0.15, 0.2) is 18.2 Å². The first kappa shape index (κ1) is 10.2. The van der Waals surface area contributed by atoms with E-state index in [-0.39, 0.29) is 5.56 Å². The molecule has 1 aromatic carbocycles. The van der Waals surface area contributed by atoms with Gasteiger partial charge in [0.2, 0.25) is 0 Å². The van der Waals surface area contributed by atoms with Gasteiger partial charge in [0.05, 0.1) is 0 Å². The zero-order chi connectivity index (χ0) is 10.1. The summed E-state index contributed by atoms with van der Waals surface area (Å²) in [6.07, 6.45) is 0.801. The molecule has 2 heteroatoms. The van der Waals surface area contributed by atoms with E-state index in [1.807, 2.05) is 13.0 Å². The van der Waals surface area contributed by atoms with Crippen molar-refractivity contribution < 1.29 is 8.78 Å². The fourth-order valence-electron chi connectivity index (χ4n) is 1.54. The molecular weight excluding hydrogens is 170 g/mol. The molecule has 72 valence electrons.